The van der Waals surface area contributed by atoms with Crippen LogP contribution < -0.4 is 5.73 Å². The first-order valence-electron chi connectivity index (χ1n) is 6.93. The minimum absolute atomic E-state index is 0.0253. The Balaban J connectivity index is 2.00. The Morgan fingerprint density at radius 3 is 2.45 bits per heavy atom. The normalized spacial score (nSPS) is 27.5. The minimum Gasteiger partial charge on any atom is -0.368 e. The molecule has 1 saturated carbocycles. The molecule has 0 saturated heterocycles. The molecule has 1 aromatic rings. The smallest absolute Gasteiger partial charge is 0.368 e. The zero-order chi connectivity index (χ0) is 14.6. The molecule has 3 atom stereocenters. The summed E-state index contributed by atoms with van der Waals surface area (Å²) in [6.07, 6.45) is -2.29. The zero-order valence-electron chi connectivity index (χ0n) is 11.3. The molecule has 0 aromatic heterocycles. The van der Waals surface area contributed by atoms with E-state index in [1.165, 1.54) is 5.56 Å². The molecule has 0 spiro atoms. The van der Waals surface area contributed by atoms with Gasteiger partial charge in [0.25, 0.3) is 0 Å². The van der Waals surface area contributed by atoms with E-state index in [2.05, 4.69) is 0 Å². The van der Waals surface area contributed by atoms with Crippen LogP contribution in [0.1, 0.15) is 30.7 Å². The van der Waals surface area contributed by atoms with Gasteiger partial charge in [0.2, 0.25) is 0 Å². The van der Waals surface area contributed by atoms with Gasteiger partial charge in [0.15, 0.2) is 0 Å². The van der Waals surface area contributed by atoms with Gasteiger partial charge >= 0.3 is 6.18 Å². The predicted octanol–water partition coefficient (Wildman–Crippen LogP) is 3.48. The molecule has 0 radical (unpaired) electrons. The number of hydrogen-bond donors (Lipinski definition) is 1. The van der Waals surface area contributed by atoms with Gasteiger partial charge in [0.1, 0.15) is 6.61 Å². The second-order valence-electron chi connectivity index (χ2n) is 5.38. The Bertz CT molecular complexity index is 407. The Hall–Kier alpha value is -1.07. The van der Waals surface area contributed by atoms with E-state index in [4.69, 9.17) is 10.5 Å². The van der Waals surface area contributed by atoms with Crippen LogP contribution in [0.15, 0.2) is 30.3 Å². The van der Waals surface area contributed by atoms with E-state index in [0.717, 1.165) is 12.8 Å². The van der Waals surface area contributed by atoms with Gasteiger partial charge in [-0.15, -0.1) is 0 Å². The molecule has 1 aromatic carbocycles. The van der Waals surface area contributed by atoms with Gasteiger partial charge in [-0.1, -0.05) is 30.3 Å². The van der Waals surface area contributed by atoms with E-state index in [0.29, 0.717) is 13.0 Å². The highest BCUT2D eigenvalue weighted by atomic mass is 19.4. The van der Waals surface area contributed by atoms with Crippen LogP contribution in [0.5, 0.6) is 0 Å². The molecule has 0 heterocycles. The molecule has 2 N–H and O–H groups in total. The number of rotatable bonds is 4. The maximum Gasteiger partial charge on any atom is 0.411 e. The van der Waals surface area contributed by atoms with Crippen LogP contribution in [0.4, 0.5) is 13.2 Å². The van der Waals surface area contributed by atoms with Crippen molar-refractivity contribution < 1.29 is 17.9 Å². The van der Waals surface area contributed by atoms with Gasteiger partial charge in [-0.25, -0.2) is 0 Å². The monoisotopic (exact) mass is 287 g/mol. The molecule has 1 aliphatic carbocycles. The third kappa shape index (κ3) is 4.21. The largest absolute Gasteiger partial charge is 0.411 e. The molecule has 2 rings (SSSR count). The van der Waals surface area contributed by atoms with E-state index in [-0.39, 0.29) is 11.8 Å². The van der Waals surface area contributed by atoms with Crippen molar-refractivity contribution in [3.8, 4) is 0 Å². The highest BCUT2D eigenvalue weighted by Crippen LogP contribution is 2.37. The number of halogens is 3. The topological polar surface area (TPSA) is 35.2 Å². The molecule has 112 valence electrons. The summed E-state index contributed by atoms with van der Waals surface area (Å²) in [7, 11) is 0. The number of benzene rings is 1. The number of alkyl halides is 3. The van der Waals surface area contributed by atoms with Crippen LogP contribution in [0, 0.1) is 5.92 Å². The highest BCUT2D eigenvalue weighted by Gasteiger charge is 2.35. The maximum absolute atomic E-state index is 12.3. The molecule has 20 heavy (non-hydrogen) atoms. The fourth-order valence-corrected chi connectivity index (χ4v) is 2.90. The average molecular weight is 287 g/mol. The van der Waals surface area contributed by atoms with E-state index >= 15 is 0 Å². The second-order valence-corrected chi connectivity index (χ2v) is 5.38. The Morgan fingerprint density at radius 2 is 1.85 bits per heavy atom. The highest BCUT2D eigenvalue weighted by molar-refractivity contribution is 5.20. The van der Waals surface area contributed by atoms with Gasteiger partial charge in [0, 0.05) is 0 Å². The van der Waals surface area contributed by atoms with E-state index < -0.39 is 18.9 Å². The van der Waals surface area contributed by atoms with Gasteiger partial charge in [-0.2, -0.15) is 13.2 Å². The lowest BCUT2D eigenvalue weighted by Crippen LogP contribution is -2.37. The molecule has 1 fully saturated rings. The zero-order valence-corrected chi connectivity index (χ0v) is 11.3. The summed E-state index contributed by atoms with van der Waals surface area (Å²) in [4.78, 5) is 0. The fraction of sp³-hybridized carbons (Fsp3) is 0.600. The van der Waals surface area contributed by atoms with Gasteiger partial charge in [-0.3, -0.25) is 0 Å². The van der Waals surface area contributed by atoms with Crippen molar-refractivity contribution in [1.82, 2.24) is 0 Å². The summed E-state index contributed by atoms with van der Waals surface area (Å²) < 4.78 is 42.0. The molecule has 0 bridgehead atoms. The first kappa shape index (κ1) is 15.3. The Kier molecular flexibility index (Phi) is 5.05. The van der Waals surface area contributed by atoms with Crippen LogP contribution in [-0.2, 0) is 4.74 Å². The lowest BCUT2D eigenvalue weighted by atomic mass is 9.77. The molecule has 2 nitrogen and oxygen atoms in total. The number of nitrogens with two attached hydrogens (primary N) is 1. The van der Waals surface area contributed by atoms with Crippen molar-refractivity contribution in [2.45, 2.75) is 37.5 Å². The fourth-order valence-electron chi connectivity index (χ4n) is 2.90. The van der Waals surface area contributed by atoms with Gasteiger partial charge in [-0.05, 0) is 43.2 Å². The van der Waals surface area contributed by atoms with Crippen LogP contribution in [0.25, 0.3) is 0 Å². The van der Waals surface area contributed by atoms with Crippen molar-refractivity contribution in [2.75, 3.05) is 13.2 Å². The van der Waals surface area contributed by atoms with Crippen LogP contribution in [-0.4, -0.2) is 25.4 Å². The summed E-state index contributed by atoms with van der Waals surface area (Å²) in [5.41, 5.74) is 6.83. The van der Waals surface area contributed by atoms with E-state index in [1.807, 2.05) is 30.3 Å². The first-order chi connectivity index (χ1) is 9.49. The van der Waals surface area contributed by atoms with E-state index in [1.54, 1.807) is 0 Å². The number of hydrogen-bond acceptors (Lipinski definition) is 2. The molecular weight excluding hydrogens is 267 g/mol. The van der Waals surface area contributed by atoms with Gasteiger partial charge in [0.05, 0.1) is 6.10 Å². The van der Waals surface area contributed by atoms with Gasteiger partial charge < -0.3 is 10.5 Å². The summed E-state index contributed by atoms with van der Waals surface area (Å²) in [5.74, 6) is 0.287. The standard InChI is InChI=1S/C15H20F3NO/c16-15(17,18)10-20-14-8-12(6-7-13(14)9-19)11-4-2-1-3-5-11/h1-5,12-14H,6-10,19H2. The molecule has 0 aliphatic heterocycles. The summed E-state index contributed by atoms with van der Waals surface area (Å²) >= 11 is 0. The molecule has 0 amide bonds. The molecule has 1 aliphatic rings. The van der Waals surface area contributed by atoms with Crippen molar-refractivity contribution in [3.05, 3.63) is 35.9 Å². The van der Waals surface area contributed by atoms with Crippen molar-refractivity contribution >= 4 is 0 Å². The van der Waals surface area contributed by atoms with Crippen molar-refractivity contribution in [2.24, 2.45) is 11.7 Å². The average Bonchev–Trinajstić information content (AvgIpc) is 2.45. The predicted molar refractivity (Wildman–Crippen MR) is 71.4 cm³/mol. The van der Waals surface area contributed by atoms with E-state index in [9.17, 15) is 13.2 Å². The lowest BCUT2D eigenvalue weighted by Gasteiger charge is -2.36. The van der Waals surface area contributed by atoms with Crippen LogP contribution in [0.3, 0.4) is 0 Å². The van der Waals surface area contributed by atoms with Crippen LogP contribution in [0.2, 0.25) is 0 Å². The van der Waals surface area contributed by atoms with Crippen molar-refractivity contribution in [1.29, 1.82) is 0 Å². The summed E-state index contributed by atoms with van der Waals surface area (Å²) in [6, 6.07) is 9.89. The first-order valence-corrected chi connectivity index (χ1v) is 6.93. The number of ether oxygens (including phenoxy) is 1. The Labute approximate surface area is 117 Å². The molecule has 3 unspecified atom stereocenters. The summed E-state index contributed by atoms with van der Waals surface area (Å²) in [5, 5.41) is 0. The third-order valence-electron chi connectivity index (χ3n) is 3.96. The molecule has 5 heteroatoms. The second kappa shape index (κ2) is 6.59. The quantitative estimate of drug-likeness (QED) is 0.920. The lowest BCUT2D eigenvalue weighted by molar-refractivity contribution is -0.193. The maximum atomic E-state index is 12.3. The molecular formula is C15H20F3NO. The summed E-state index contributed by atoms with van der Waals surface area (Å²) in [6.45, 7) is -0.806. The Morgan fingerprint density at radius 1 is 1.15 bits per heavy atom. The SMILES string of the molecule is NCC1CCC(c2ccccc2)CC1OCC(F)(F)F. The van der Waals surface area contributed by atoms with Crippen molar-refractivity contribution in [3.63, 3.8) is 0 Å². The third-order valence-corrected chi connectivity index (χ3v) is 3.96. The van der Waals surface area contributed by atoms with Crippen LogP contribution >= 0.6 is 0 Å². The minimum atomic E-state index is -4.28.